The number of carboxylic acid groups (broad SMARTS) is 1. The third-order valence-corrected chi connectivity index (χ3v) is 2.48. The van der Waals surface area contributed by atoms with Crippen LogP contribution < -0.4 is 10.9 Å². The zero-order valence-corrected chi connectivity index (χ0v) is 7.99. The van der Waals surface area contributed by atoms with Gasteiger partial charge in [-0.3, -0.25) is 4.79 Å². The molecular formula is C9H11N3O3. The Balaban J connectivity index is 2.27. The molecule has 1 fully saturated rings. The van der Waals surface area contributed by atoms with Gasteiger partial charge in [0, 0.05) is 12.1 Å². The summed E-state index contributed by atoms with van der Waals surface area (Å²) in [6.45, 7) is 0. The van der Waals surface area contributed by atoms with Crippen LogP contribution in [0.25, 0.3) is 0 Å². The van der Waals surface area contributed by atoms with Gasteiger partial charge in [0.2, 0.25) is 0 Å². The standard InChI is InChI=1S/C9H11N3O3/c13-7-4-6(9(14)15)8(12-11-7)10-5-2-1-3-5/h4-5H,1-3H2,(H,10,12)(H,11,13)(H,14,15). The van der Waals surface area contributed by atoms with E-state index in [1.807, 2.05) is 0 Å². The van der Waals surface area contributed by atoms with Crippen molar-refractivity contribution in [2.75, 3.05) is 5.32 Å². The number of aromatic carboxylic acids is 1. The van der Waals surface area contributed by atoms with Crippen molar-refractivity contribution >= 4 is 11.8 Å². The van der Waals surface area contributed by atoms with Crippen LogP contribution in [-0.2, 0) is 0 Å². The average molecular weight is 209 g/mol. The van der Waals surface area contributed by atoms with E-state index in [1.165, 1.54) is 0 Å². The van der Waals surface area contributed by atoms with E-state index in [4.69, 9.17) is 5.11 Å². The fourth-order valence-corrected chi connectivity index (χ4v) is 1.42. The lowest BCUT2D eigenvalue weighted by Crippen LogP contribution is -2.29. The van der Waals surface area contributed by atoms with Crippen molar-refractivity contribution in [1.29, 1.82) is 0 Å². The first-order valence-electron chi connectivity index (χ1n) is 4.76. The van der Waals surface area contributed by atoms with Crippen molar-refractivity contribution in [2.24, 2.45) is 0 Å². The van der Waals surface area contributed by atoms with E-state index in [2.05, 4.69) is 15.5 Å². The maximum Gasteiger partial charge on any atom is 0.339 e. The summed E-state index contributed by atoms with van der Waals surface area (Å²) in [5, 5.41) is 17.8. The highest BCUT2D eigenvalue weighted by molar-refractivity contribution is 5.92. The first kappa shape index (κ1) is 9.70. The van der Waals surface area contributed by atoms with Crippen LogP contribution in [0, 0.1) is 0 Å². The molecule has 1 aromatic rings. The molecule has 6 heteroatoms. The Labute approximate surface area is 85.3 Å². The average Bonchev–Trinajstić information content (AvgIpc) is 2.12. The third-order valence-electron chi connectivity index (χ3n) is 2.48. The van der Waals surface area contributed by atoms with Crippen LogP contribution in [0.1, 0.15) is 29.6 Å². The maximum absolute atomic E-state index is 10.9. The van der Waals surface area contributed by atoms with Crippen LogP contribution in [0.4, 0.5) is 5.82 Å². The van der Waals surface area contributed by atoms with Gasteiger partial charge >= 0.3 is 5.97 Å². The fraction of sp³-hybridized carbons (Fsp3) is 0.444. The lowest BCUT2D eigenvalue weighted by molar-refractivity contribution is 0.0697. The highest BCUT2D eigenvalue weighted by atomic mass is 16.4. The third kappa shape index (κ3) is 1.98. The molecular weight excluding hydrogens is 198 g/mol. The van der Waals surface area contributed by atoms with Gasteiger partial charge in [0.25, 0.3) is 5.56 Å². The molecule has 6 nitrogen and oxygen atoms in total. The quantitative estimate of drug-likeness (QED) is 0.671. The Morgan fingerprint density at radius 1 is 1.60 bits per heavy atom. The minimum absolute atomic E-state index is 0.0781. The van der Waals surface area contributed by atoms with E-state index in [0.717, 1.165) is 25.3 Å². The van der Waals surface area contributed by atoms with Crippen molar-refractivity contribution in [3.63, 3.8) is 0 Å². The summed E-state index contributed by atoms with van der Waals surface area (Å²) in [6.07, 6.45) is 3.17. The molecule has 2 rings (SSSR count). The van der Waals surface area contributed by atoms with Gasteiger partial charge in [-0.2, -0.15) is 5.10 Å². The first-order valence-corrected chi connectivity index (χ1v) is 4.76. The second kappa shape index (κ2) is 3.72. The van der Waals surface area contributed by atoms with E-state index in [0.29, 0.717) is 0 Å². The van der Waals surface area contributed by atoms with Crippen molar-refractivity contribution in [3.05, 3.63) is 22.0 Å². The molecule has 0 unspecified atom stereocenters. The van der Waals surface area contributed by atoms with E-state index in [-0.39, 0.29) is 17.4 Å². The molecule has 1 aromatic heterocycles. The van der Waals surface area contributed by atoms with Crippen molar-refractivity contribution in [3.8, 4) is 0 Å². The summed E-state index contributed by atoms with van der Waals surface area (Å²) in [4.78, 5) is 21.7. The van der Waals surface area contributed by atoms with Crippen LogP contribution in [0.2, 0.25) is 0 Å². The van der Waals surface area contributed by atoms with Gasteiger partial charge in [-0.1, -0.05) is 0 Å². The molecule has 1 aliphatic rings. The number of nitrogens with zero attached hydrogens (tertiary/aromatic N) is 1. The number of rotatable bonds is 3. The van der Waals surface area contributed by atoms with Crippen molar-refractivity contribution in [1.82, 2.24) is 10.2 Å². The fourth-order valence-electron chi connectivity index (χ4n) is 1.42. The molecule has 15 heavy (non-hydrogen) atoms. The minimum atomic E-state index is -1.14. The summed E-state index contributed by atoms with van der Waals surface area (Å²) in [5.74, 6) is -0.901. The molecule has 0 amide bonds. The number of carbonyl (C=O) groups is 1. The van der Waals surface area contributed by atoms with E-state index in [1.54, 1.807) is 0 Å². The highest BCUT2D eigenvalue weighted by Gasteiger charge is 2.21. The summed E-state index contributed by atoms with van der Waals surface area (Å²) >= 11 is 0. The van der Waals surface area contributed by atoms with Crippen LogP contribution in [0.5, 0.6) is 0 Å². The van der Waals surface area contributed by atoms with E-state index in [9.17, 15) is 9.59 Å². The Hall–Kier alpha value is -1.85. The van der Waals surface area contributed by atoms with Gasteiger partial charge in [0.1, 0.15) is 5.56 Å². The summed E-state index contributed by atoms with van der Waals surface area (Å²) in [5.41, 5.74) is -0.586. The number of nitrogens with one attached hydrogen (secondary N) is 2. The van der Waals surface area contributed by atoms with Gasteiger partial charge in [-0.15, -0.1) is 0 Å². The number of hydrogen-bond acceptors (Lipinski definition) is 4. The Bertz CT molecular complexity index is 436. The molecule has 0 aromatic carbocycles. The number of carboxylic acids is 1. The van der Waals surface area contributed by atoms with Crippen LogP contribution >= 0.6 is 0 Å². The predicted octanol–water partition coefficient (Wildman–Crippen LogP) is 0.432. The zero-order chi connectivity index (χ0) is 10.8. The smallest absolute Gasteiger partial charge is 0.339 e. The lowest BCUT2D eigenvalue weighted by atomic mass is 9.93. The lowest BCUT2D eigenvalue weighted by Gasteiger charge is -2.27. The largest absolute Gasteiger partial charge is 0.478 e. The summed E-state index contributed by atoms with van der Waals surface area (Å²) in [6, 6.07) is 1.32. The zero-order valence-electron chi connectivity index (χ0n) is 7.99. The van der Waals surface area contributed by atoms with Crippen molar-refractivity contribution in [2.45, 2.75) is 25.3 Å². The number of H-pyrrole nitrogens is 1. The maximum atomic E-state index is 10.9. The van der Waals surface area contributed by atoms with Crippen LogP contribution in [-0.4, -0.2) is 27.3 Å². The molecule has 0 aliphatic heterocycles. The number of aromatic amines is 1. The second-order valence-electron chi connectivity index (χ2n) is 3.57. The molecule has 3 N–H and O–H groups in total. The van der Waals surface area contributed by atoms with Crippen molar-refractivity contribution < 1.29 is 9.90 Å². The molecule has 1 aliphatic carbocycles. The van der Waals surface area contributed by atoms with Crippen LogP contribution in [0.3, 0.4) is 0 Å². The van der Waals surface area contributed by atoms with Gasteiger partial charge in [0.15, 0.2) is 5.82 Å². The van der Waals surface area contributed by atoms with E-state index < -0.39 is 11.5 Å². The van der Waals surface area contributed by atoms with Gasteiger partial charge in [-0.25, -0.2) is 9.89 Å². The van der Waals surface area contributed by atoms with Gasteiger partial charge in [0.05, 0.1) is 0 Å². The van der Waals surface area contributed by atoms with Gasteiger partial charge in [-0.05, 0) is 19.3 Å². The molecule has 80 valence electrons. The molecule has 1 heterocycles. The van der Waals surface area contributed by atoms with E-state index >= 15 is 0 Å². The highest BCUT2D eigenvalue weighted by Crippen LogP contribution is 2.23. The predicted molar refractivity (Wildman–Crippen MR) is 53.1 cm³/mol. The summed E-state index contributed by atoms with van der Waals surface area (Å²) in [7, 11) is 0. The molecule has 0 saturated heterocycles. The Morgan fingerprint density at radius 2 is 2.33 bits per heavy atom. The SMILES string of the molecule is O=C(O)c1cc(=O)[nH]nc1NC1CCC1. The number of hydrogen-bond donors (Lipinski definition) is 3. The monoisotopic (exact) mass is 209 g/mol. The van der Waals surface area contributed by atoms with Gasteiger partial charge < -0.3 is 10.4 Å². The molecule has 1 saturated carbocycles. The molecule has 0 spiro atoms. The normalized spacial score (nSPS) is 15.7. The Morgan fingerprint density at radius 3 is 2.87 bits per heavy atom. The first-order chi connectivity index (χ1) is 7.16. The molecule has 0 atom stereocenters. The second-order valence-corrected chi connectivity index (χ2v) is 3.57. The molecule has 0 radical (unpaired) electrons. The minimum Gasteiger partial charge on any atom is -0.478 e. The summed E-state index contributed by atoms with van der Waals surface area (Å²) < 4.78 is 0. The Kier molecular flexibility index (Phi) is 2.40. The topological polar surface area (TPSA) is 95.1 Å². The van der Waals surface area contributed by atoms with Crippen LogP contribution in [0.15, 0.2) is 10.9 Å². The number of aromatic nitrogens is 2. The molecule has 0 bridgehead atoms. The number of anilines is 1.